The Balaban J connectivity index is 2.75. The monoisotopic (exact) mass is 250 g/mol. The fraction of sp³-hybridized carbons (Fsp3) is 0.615. The van der Waals surface area contributed by atoms with Gasteiger partial charge in [-0.05, 0) is 33.3 Å². The first-order chi connectivity index (χ1) is 8.52. The van der Waals surface area contributed by atoms with Gasteiger partial charge in [0, 0.05) is 18.3 Å². The summed E-state index contributed by atoms with van der Waals surface area (Å²) in [5.41, 5.74) is 1.20. The summed E-state index contributed by atoms with van der Waals surface area (Å²) in [4.78, 5) is 20.3. The van der Waals surface area contributed by atoms with Crippen molar-refractivity contribution in [2.75, 3.05) is 11.9 Å². The molecule has 5 nitrogen and oxygen atoms in total. The number of unbranched alkanes of at least 4 members (excludes halogenated alkanes) is 1. The molecule has 1 heterocycles. The lowest BCUT2D eigenvalue weighted by molar-refractivity contribution is 0.0948. The van der Waals surface area contributed by atoms with Gasteiger partial charge < -0.3 is 10.6 Å². The normalized spacial score (nSPS) is 10.5. The average molecular weight is 250 g/mol. The lowest BCUT2D eigenvalue weighted by Gasteiger charge is -2.10. The van der Waals surface area contributed by atoms with Crippen LogP contribution in [0.25, 0.3) is 0 Å². The van der Waals surface area contributed by atoms with Crippen molar-refractivity contribution >= 4 is 11.9 Å². The summed E-state index contributed by atoms with van der Waals surface area (Å²) in [6.07, 6.45) is 2.04. The van der Waals surface area contributed by atoms with Gasteiger partial charge in [-0.2, -0.15) is 0 Å². The van der Waals surface area contributed by atoms with Crippen LogP contribution in [0.4, 0.5) is 5.95 Å². The highest BCUT2D eigenvalue weighted by atomic mass is 16.1. The third kappa shape index (κ3) is 4.69. The van der Waals surface area contributed by atoms with Gasteiger partial charge in [0.15, 0.2) is 0 Å². The number of amides is 1. The van der Waals surface area contributed by atoms with E-state index in [0.29, 0.717) is 18.2 Å². The van der Waals surface area contributed by atoms with E-state index in [-0.39, 0.29) is 11.9 Å². The lowest BCUT2D eigenvalue weighted by atomic mass is 10.3. The van der Waals surface area contributed by atoms with Crippen LogP contribution in [-0.2, 0) is 0 Å². The van der Waals surface area contributed by atoms with Crippen LogP contribution in [-0.4, -0.2) is 28.5 Å². The van der Waals surface area contributed by atoms with E-state index in [1.54, 1.807) is 6.07 Å². The van der Waals surface area contributed by atoms with E-state index in [0.717, 1.165) is 18.5 Å². The van der Waals surface area contributed by atoms with Crippen molar-refractivity contribution in [1.82, 2.24) is 15.3 Å². The maximum atomic E-state index is 11.9. The van der Waals surface area contributed by atoms with Crippen LogP contribution in [0.15, 0.2) is 6.07 Å². The van der Waals surface area contributed by atoms with Crippen LogP contribution in [0.2, 0.25) is 0 Å². The van der Waals surface area contributed by atoms with E-state index in [9.17, 15) is 4.79 Å². The van der Waals surface area contributed by atoms with E-state index in [4.69, 9.17) is 0 Å². The number of aryl methyl sites for hydroxylation is 1. The lowest BCUT2D eigenvalue weighted by Crippen LogP contribution is -2.26. The topological polar surface area (TPSA) is 66.9 Å². The number of anilines is 1. The molecular weight excluding hydrogens is 228 g/mol. The first kappa shape index (κ1) is 14.4. The molecule has 5 heteroatoms. The number of nitrogens with one attached hydrogen (secondary N) is 2. The molecule has 0 aliphatic rings. The largest absolute Gasteiger partial charge is 0.352 e. The third-order valence-electron chi connectivity index (χ3n) is 2.32. The number of carbonyl (C=O) groups excluding carboxylic acids is 1. The zero-order valence-electron chi connectivity index (χ0n) is 11.6. The molecule has 0 unspecified atom stereocenters. The Labute approximate surface area is 108 Å². The molecule has 1 aromatic rings. The van der Waals surface area contributed by atoms with Gasteiger partial charge in [-0.25, -0.2) is 9.97 Å². The number of aromatic nitrogens is 2. The van der Waals surface area contributed by atoms with E-state index < -0.39 is 0 Å². The minimum Gasteiger partial charge on any atom is -0.352 e. The molecule has 18 heavy (non-hydrogen) atoms. The predicted octanol–water partition coefficient (Wildman–Crippen LogP) is 2.14. The molecular formula is C13H22N4O. The van der Waals surface area contributed by atoms with Crippen molar-refractivity contribution in [3.63, 3.8) is 0 Å². The van der Waals surface area contributed by atoms with E-state index in [1.165, 1.54) is 0 Å². The quantitative estimate of drug-likeness (QED) is 0.759. The predicted molar refractivity (Wildman–Crippen MR) is 72.8 cm³/mol. The van der Waals surface area contributed by atoms with Crippen LogP contribution in [0.5, 0.6) is 0 Å². The molecule has 0 spiro atoms. The Morgan fingerprint density at radius 1 is 1.39 bits per heavy atom. The fourth-order valence-corrected chi connectivity index (χ4v) is 1.48. The van der Waals surface area contributed by atoms with Crippen molar-refractivity contribution in [2.24, 2.45) is 0 Å². The Bertz CT molecular complexity index is 404. The summed E-state index contributed by atoms with van der Waals surface area (Å²) in [7, 11) is 0. The number of hydrogen-bond acceptors (Lipinski definition) is 4. The fourth-order valence-electron chi connectivity index (χ4n) is 1.48. The Morgan fingerprint density at radius 2 is 2.11 bits per heavy atom. The van der Waals surface area contributed by atoms with E-state index in [2.05, 4.69) is 27.5 Å². The zero-order valence-corrected chi connectivity index (χ0v) is 11.6. The SMILES string of the molecule is CCCCNC(=O)c1cc(C)nc(NC(C)C)n1. The van der Waals surface area contributed by atoms with Crippen LogP contribution < -0.4 is 10.6 Å². The van der Waals surface area contributed by atoms with Crippen molar-refractivity contribution < 1.29 is 4.79 Å². The molecule has 100 valence electrons. The van der Waals surface area contributed by atoms with Crippen molar-refractivity contribution in [3.05, 3.63) is 17.5 Å². The minimum atomic E-state index is -0.138. The molecule has 0 saturated heterocycles. The molecule has 0 aliphatic heterocycles. The van der Waals surface area contributed by atoms with Crippen molar-refractivity contribution in [3.8, 4) is 0 Å². The molecule has 0 saturated carbocycles. The minimum absolute atomic E-state index is 0.138. The van der Waals surface area contributed by atoms with E-state index >= 15 is 0 Å². The summed E-state index contributed by atoms with van der Waals surface area (Å²) >= 11 is 0. The van der Waals surface area contributed by atoms with Crippen LogP contribution >= 0.6 is 0 Å². The number of hydrogen-bond donors (Lipinski definition) is 2. The molecule has 1 aromatic heterocycles. The second-order valence-corrected chi connectivity index (χ2v) is 4.63. The highest BCUT2D eigenvalue weighted by molar-refractivity contribution is 5.92. The van der Waals surface area contributed by atoms with Crippen LogP contribution in [0.3, 0.4) is 0 Å². The van der Waals surface area contributed by atoms with Crippen molar-refractivity contribution in [1.29, 1.82) is 0 Å². The molecule has 1 amide bonds. The molecule has 0 fully saturated rings. The van der Waals surface area contributed by atoms with Crippen molar-refractivity contribution in [2.45, 2.75) is 46.6 Å². The maximum Gasteiger partial charge on any atom is 0.270 e. The molecule has 0 atom stereocenters. The molecule has 2 N–H and O–H groups in total. The summed E-state index contributed by atoms with van der Waals surface area (Å²) in [5, 5.41) is 5.96. The molecule has 0 aliphatic carbocycles. The summed E-state index contributed by atoms with van der Waals surface area (Å²) < 4.78 is 0. The number of nitrogens with zero attached hydrogens (tertiary/aromatic N) is 2. The molecule has 0 radical (unpaired) electrons. The van der Waals surface area contributed by atoms with Gasteiger partial charge in [0.2, 0.25) is 5.95 Å². The number of rotatable bonds is 6. The van der Waals surface area contributed by atoms with Gasteiger partial charge in [-0.1, -0.05) is 13.3 Å². The third-order valence-corrected chi connectivity index (χ3v) is 2.32. The standard InChI is InChI=1S/C13H22N4O/c1-5-6-7-14-12(18)11-8-10(4)16-13(17-11)15-9(2)3/h8-9H,5-7H2,1-4H3,(H,14,18)(H,15,16,17). The van der Waals surface area contributed by atoms with Gasteiger partial charge in [0.05, 0.1) is 0 Å². The highest BCUT2D eigenvalue weighted by Crippen LogP contribution is 2.06. The second kappa shape index (κ2) is 6.93. The Morgan fingerprint density at radius 3 is 2.72 bits per heavy atom. The van der Waals surface area contributed by atoms with Gasteiger partial charge in [-0.3, -0.25) is 4.79 Å². The van der Waals surface area contributed by atoms with E-state index in [1.807, 2.05) is 20.8 Å². The van der Waals surface area contributed by atoms with Gasteiger partial charge in [0.1, 0.15) is 5.69 Å². The summed E-state index contributed by atoms with van der Waals surface area (Å²) in [5.74, 6) is 0.367. The molecule has 1 rings (SSSR count). The first-order valence-corrected chi connectivity index (χ1v) is 6.43. The van der Waals surface area contributed by atoms with Gasteiger partial charge in [-0.15, -0.1) is 0 Å². The summed E-state index contributed by atoms with van der Waals surface area (Å²) in [6, 6.07) is 1.94. The smallest absolute Gasteiger partial charge is 0.270 e. The molecule has 0 bridgehead atoms. The first-order valence-electron chi connectivity index (χ1n) is 6.43. The highest BCUT2D eigenvalue weighted by Gasteiger charge is 2.10. The zero-order chi connectivity index (χ0) is 13.5. The number of carbonyl (C=O) groups is 1. The van der Waals surface area contributed by atoms with Crippen LogP contribution in [0.1, 0.15) is 49.8 Å². The van der Waals surface area contributed by atoms with Gasteiger partial charge >= 0.3 is 0 Å². The Kier molecular flexibility index (Phi) is 5.55. The maximum absolute atomic E-state index is 11.9. The summed E-state index contributed by atoms with van der Waals surface area (Å²) in [6.45, 7) is 8.65. The van der Waals surface area contributed by atoms with Gasteiger partial charge in [0.25, 0.3) is 5.91 Å². The Hall–Kier alpha value is -1.65. The average Bonchev–Trinajstić information content (AvgIpc) is 2.27. The molecule has 0 aromatic carbocycles. The van der Waals surface area contributed by atoms with Crippen LogP contribution in [0, 0.1) is 6.92 Å². The second-order valence-electron chi connectivity index (χ2n) is 4.63.